The van der Waals surface area contributed by atoms with Crippen LogP contribution in [0.3, 0.4) is 0 Å². The van der Waals surface area contributed by atoms with E-state index in [1.807, 2.05) is 95.5 Å². The van der Waals surface area contributed by atoms with Gasteiger partial charge in [-0.05, 0) is 38.3 Å². The topological polar surface area (TPSA) is 88.1 Å². The third-order valence-electron chi connectivity index (χ3n) is 9.02. The average Bonchev–Trinajstić information content (AvgIpc) is 3.56. The summed E-state index contributed by atoms with van der Waals surface area (Å²) >= 11 is 0. The number of hydrogen-bond donors (Lipinski definition) is 0. The number of ether oxygens (including phenoxy) is 4. The molecule has 242 valence electrons. The minimum absolute atomic E-state index is 0.276. The average molecular weight is 611 g/mol. The summed E-state index contributed by atoms with van der Waals surface area (Å²) in [6, 6.07) is 20.3. The van der Waals surface area contributed by atoms with Crippen molar-refractivity contribution in [1.29, 1.82) is 0 Å². The fourth-order valence-electron chi connectivity index (χ4n) is 6.89. The third kappa shape index (κ3) is 9.22. The Bertz CT molecular complexity index is 1090. The van der Waals surface area contributed by atoms with Gasteiger partial charge in [0, 0.05) is 52.1 Å². The molecule has 0 saturated carbocycles. The summed E-state index contributed by atoms with van der Waals surface area (Å²) in [7, 11) is 1.89. The second kappa shape index (κ2) is 16.8. The number of esters is 1. The van der Waals surface area contributed by atoms with E-state index >= 15 is 0 Å². The highest BCUT2D eigenvalue weighted by Gasteiger charge is 2.55. The van der Waals surface area contributed by atoms with Crippen molar-refractivity contribution in [1.82, 2.24) is 0 Å². The second-order valence-electron chi connectivity index (χ2n) is 12.9. The van der Waals surface area contributed by atoms with Crippen molar-refractivity contribution in [3.05, 3.63) is 71.8 Å². The van der Waals surface area contributed by atoms with Crippen LogP contribution in [0.1, 0.15) is 90.2 Å². The van der Waals surface area contributed by atoms with E-state index in [0.29, 0.717) is 36.5 Å². The van der Waals surface area contributed by atoms with Crippen LogP contribution in [0.2, 0.25) is 0 Å². The molecule has 2 bridgehead atoms. The van der Waals surface area contributed by atoms with Gasteiger partial charge in [-0.1, -0.05) is 67.6 Å². The molecule has 5 rings (SSSR count). The number of nitrogens with zero attached hydrogens (tertiary/aromatic N) is 1. The van der Waals surface area contributed by atoms with Crippen LogP contribution in [0.25, 0.3) is 0 Å². The quantitative estimate of drug-likeness (QED) is 0.134. The molecule has 3 aliphatic heterocycles. The molecule has 0 N–H and O–H groups in total. The zero-order valence-electron chi connectivity index (χ0n) is 27.2. The third-order valence-corrected chi connectivity index (χ3v) is 9.02. The van der Waals surface area contributed by atoms with Crippen molar-refractivity contribution >= 4 is 18.7 Å². The van der Waals surface area contributed by atoms with Gasteiger partial charge in [-0.25, -0.2) is 0 Å². The largest absolute Gasteiger partial charge is 0.462 e. The molecule has 3 aliphatic rings. The maximum atomic E-state index is 12.0. The monoisotopic (exact) mass is 610 g/mol. The van der Waals surface area contributed by atoms with Crippen LogP contribution in [-0.2, 0) is 38.9 Å². The Balaban J connectivity index is 0.000000211. The number of piperidine rings is 1. The van der Waals surface area contributed by atoms with Crippen molar-refractivity contribution in [2.75, 3.05) is 27.0 Å². The maximum Gasteiger partial charge on any atom is 0.307 e. The smallest absolute Gasteiger partial charge is 0.307 e. The molecule has 0 aliphatic carbocycles. The Kier molecular flexibility index (Phi) is 13.6. The van der Waals surface area contributed by atoms with Gasteiger partial charge in [-0.15, -0.1) is 0 Å². The van der Waals surface area contributed by atoms with E-state index in [9.17, 15) is 14.4 Å². The summed E-state index contributed by atoms with van der Waals surface area (Å²) in [6.45, 7) is 10.5. The van der Waals surface area contributed by atoms with Gasteiger partial charge in [0.1, 0.15) is 5.60 Å². The number of benzene rings is 2. The number of hydrogen-bond acceptors (Lipinski definition) is 7. The van der Waals surface area contributed by atoms with Crippen molar-refractivity contribution < 1.29 is 37.8 Å². The predicted octanol–water partition coefficient (Wildman–Crippen LogP) is 6.34. The first kappa shape index (κ1) is 35.4. The number of carbonyl (C=O) groups excluding carboxylic acids is 3. The first-order valence-electron chi connectivity index (χ1n) is 16.0. The highest BCUT2D eigenvalue weighted by atomic mass is 16.7. The lowest BCUT2D eigenvalue weighted by Crippen LogP contribution is -2.59. The van der Waals surface area contributed by atoms with Crippen LogP contribution in [0.4, 0.5) is 0 Å². The molecule has 1 spiro atoms. The molecule has 2 aromatic rings. The van der Waals surface area contributed by atoms with Crippen LogP contribution >= 0.6 is 0 Å². The Labute approximate surface area is 263 Å². The number of quaternary nitrogens is 1. The lowest BCUT2D eigenvalue weighted by molar-refractivity contribution is -0.956. The highest BCUT2D eigenvalue weighted by molar-refractivity contribution is 5.73. The first-order valence-corrected chi connectivity index (χ1v) is 16.0. The molecule has 2 aromatic carbocycles. The number of rotatable bonds is 10. The second-order valence-corrected chi connectivity index (χ2v) is 12.9. The summed E-state index contributed by atoms with van der Waals surface area (Å²) in [6.07, 6.45) is 10.9. The van der Waals surface area contributed by atoms with E-state index in [2.05, 4.69) is 4.74 Å². The van der Waals surface area contributed by atoms with E-state index in [0.717, 1.165) is 18.4 Å². The molecule has 0 aromatic heterocycles. The summed E-state index contributed by atoms with van der Waals surface area (Å²) in [5.74, 6) is -0.339. The van der Waals surface area contributed by atoms with Gasteiger partial charge in [0.2, 0.25) is 0 Å². The number of methoxy groups -OCH3 is 1. The van der Waals surface area contributed by atoms with Gasteiger partial charge in [-0.3, -0.25) is 14.4 Å². The van der Waals surface area contributed by atoms with Crippen LogP contribution in [0.15, 0.2) is 60.7 Å². The highest BCUT2D eigenvalue weighted by Crippen LogP contribution is 2.46. The minimum atomic E-state index is -1.30. The Morgan fingerprint density at radius 1 is 0.886 bits per heavy atom. The molecular weight excluding hydrogens is 558 g/mol. The summed E-state index contributed by atoms with van der Waals surface area (Å²) in [4.78, 5) is 33.1. The fourth-order valence-corrected chi connectivity index (χ4v) is 6.89. The molecule has 2 atom stereocenters. The molecule has 0 radical (unpaired) electrons. The van der Waals surface area contributed by atoms with Crippen LogP contribution in [0.5, 0.6) is 0 Å². The molecular formula is C36H52NO7+. The number of carbonyl (C=O) groups is 3. The first-order chi connectivity index (χ1) is 21.1. The van der Waals surface area contributed by atoms with Crippen molar-refractivity contribution in [2.24, 2.45) is 0 Å². The molecule has 8 nitrogen and oxygen atoms in total. The molecule has 0 amide bonds. The fraction of sp³-hybridized carbons (Fsp3) is 0.583. The SMILES string of the molecule is CC(C)(C)OC=O.CCCC(=O)OCOC(C=O)(c1ccccc1)c1ccccc1.COC1CC2CCC(C1)[N+]21CCCC1. The van der Waals surface area contributed by atoms with Crippen LogP contribution in [-0.4, -0.2) is 74.0 Å². The number of aldehydes is 1. The molecule has 8 heteroatoms. The van der Waals surface area contributed by atoms with Crippen molar-refractivity contribution in [3.63, 3.8) is 0 Å². The zero-order valence-corrected chi connectivity index (χ0v) is 27.2. The summed E-state index contributed by atoms with van der Waals surface area (Å²) in [5, 5.41) is 0. The molecule has 2 unspecified atom stereocenters. The standard InChI is InChI=1S/C19H20O4.C12H22NO.C5H10O2/c1-2-9-18(21)22-15-23-19(14-20,16-10-5-3-6-11-16)17-12-7-4-8-13-17;1-14-12-8-10-4-5-11(9-12)13(10)6-2-3-7-13;1-5(2,3)7-4-6/h3-8,10-14H,2,9,15H2,1H3;10-12H,2-9H2,1H3;4H,1-3H3/q;+1;. The molecule has 44 heavy (non-hydrogen) atoms. The van der Waals surface area contributed by atoms with E-state index in [1.165, 1.54) is 56.1 Å². The van der Waals surface area contributed by atoms with Gasteiger partial charge in [0.05, 0.1) is 31.3 Å². The van der Waals surface area contributed by atoms with Crippen LogP contribution < -0.4 is 0 Å². The van der Waals surface area contributed by atoms with Crippen molar-refractivity contribution in [2.45, 2.75) is 108 Å². The van der Waals surface area contributed by atoms with Gasteiger partial charge in [0.15, 0.2) is 18.7 Å². The van der Waals surface area contributed by atoms with E-state index < -0.39 is 5.60 Å². The van der Waals surface area contributed by atoms with Crippen molar-refractivity contribution in [3.8, 4) is 0 Å². The maximum absolute atomic E-state index is 12.0. The lowest BCUT2D eigenvalue weighted by atomic mass is 9.87. The van der Waals surface area contributed by atoms with E-state index in [-0.39, 0.29) is 18.4 Å². The van der Waals surface area contributed by atoms with Gasteiger partial charge in [0.25, 0.3) is 6.47 Å². The summed E-state index contributed by atoms with van der Waals surface area (Å²) < 4.78 is 22.4. The zero-order chi connectivity index (χ0) is 32.1. The van der Waals surface area contributed by atoms with Gasteiger partial charge >= 0.3 is 5.97 Å². The van der Waals surface area contributed by atoms with Crippen LogP contribution in [0, 0.1) is 0 Å². The normalized spacial score (nSPS) is 21.7. The van der Waals surface area contributed by atoms with Gasteiger partial charge in [-0.2, -0.15) is 0 Å². The predicted molar refractivity (Wildman–Crippen MR) is 170 cm³/mol. The molecule has 3 saturated heterocycles. The van der Waals surface area contributed by atoms with E-state index in [4.69, 9.17) is 14.2 Å². The van der Waals surface area contributed by atoms with E-state index in [1.54, 1.807) is 0 Å². The molecule has 3 heterocycles. The minimum Gasteiger partial charge on any atom is -0.462 e. The Morgan fingerprint density at radius 3 is 1.80 bits per heavy atom. The lowest BCUT2D eigenvalue weighted by Gasteiger charge is -2.46. The molecule has 3 fully saturated rings. The Morgan fingerprint density at radius 2 is 1.41 bits per heavy atom. The van der Waals surface area contributed by atoms with Gasteiger partial charge < -0.3 is 23.4 Å². The Hall–Kier alpha value is -3.07. The summed E-state index contributed by atoms with van der Waals surface area (Å²) in [5.41, 5.74) is -0.239.